The first kappa shape index (κ1) is 13.1. The van der Waals surface area contributed by atoms with Gasteiger partial charge < -0.3 is 5.32 Å². The quantitative estimate of drug-likeness (QED) is 0.683. The van der Waals surface area contributed by atoms with Crippen LogP contribution >= 0.6 is 0 Å². The molecule has 6 heteroatoms. The average molecular weight is 290 g/mol. The minimum Gasteiger partial charge on any atom is -0.361 e. The Morgan fingerprint density at radius 2 is 1.95 bits per heavy atom. The summed E-state index contributed by atoms with van der Waals surface area (Å²) in [6.07, 6.45) is 4.10. The fourth-order valence-electron chi connectivity index (χ4n) is 4.94. The predicted molar refractivity (Wildman–Crippen MR) is 79.2 cm³/mol. The highest BCUT2D eigenvalue weighted by Gasteiger charge is 2.65. The van der Waals surface area contributed by atoms with E-state index in [9.17, 15) is 10.1 Å². The van der Waals surface area contributed by atoms with Gasteiger partial charge in [0.15, 0.2) is 0 Å². The van der Waals surface area contributed by atoms with Crippen LogP contribution in [0.5, 0.6) is 0 Å². The third-order valence-electron chi connectivity index (χ3n) is 5.82. The second-order valence-corrected chi connectivity index (χ2v) is 7.28. The van der Waals surface area contributed by atoms with Crippen molar-refractivity contribution in [2.24, 2.45) is 30.7 Å². The van der Waals surface area contributed by atoms with E-state index >= 15 is 0 Å². The van der Waals surface area contributed by atoms with Crippen molar-refractivity contribution in [2.75, 3.05) is 5.32 Å². The molecule has 3 saturated carbocycles. The van der Waals surface area contributed by atoms with Crippen molar-refractivity contribution < 1.29 is 4.92 Å². The molecule has 114 valence electrons. The number of anilines is 1. The highest BCUT2D eigenvalue weighted by Crippen LogP contribution is 2.66. The van der Waals surface area contributed by atoms with E-state index in [1.54, 1.807) is 11.7 Å². The van der Waals surface area contributed by atoms with Crippen molar-refractivity contribution in [3.8, 4) is 0 Å². The molecule has 6 nitrogen and oxygen atoms in total. The maximum atomic E-state index is 11.5. The Hall–Kier alpha value is -1.59. The van der Waals surface area contributed by atoms with Gasteiger partial charge in [-0.15, -0.1) is 0 Å². The minimum atomic E-state index is -0.280. The molecule has 1 aromatic rings. The molecule has 4 unspecified atom stereocenters. The number of fused-ring (bicyclic) bond motifs is 5. The van der Waals surface area contributed by atoms with Crippen LogP contribution in [0.15, 0.2) is 0 Å². The summed E-state index contributed by atoms with van der Waals surface area (Å²) >= 11 is 0. The molecule has 0 amide bonds. The van der Waals surface area contributed by atoms with E-state index in [0.29, 0.717) is 17.6 Å². The lowest BCUT2D eigenvalue weighted by Crippen LogP contribution is -2.15. The molecule has 1 N–H and O–H groups in total. The minimum absolute atomic E-state index is 0.0574. The number of hydrogen-bond donors (Lipinski definition) is 1. The van der Waals surface area contributed by atoms with Crippen LogP contribution in [0.1, 0.15) is 44.7 Å². The van der Waals surface area contributed by atoms with Crippen LogP contribution in [0.25, 0.3) is 0 Å². The molecule has 1 aromatic heterocycles. The number of nitrogens with one attached hydrogen (secondary N) is 1. The first-order valence-electron chi connectivity index (χ1n) is 7.96. The monoisotopic (exact) mass is 290 g/mol. The van der Waals surface area contributed by atoms with Gasteiger partial charge in [-0.2, -0.15) is 5.10 Å². The summed E-state index contributed by atoms with van der Waals surface area (Å²) in [7, 11) is 1.80. The molecule has 3 fully saturated rings. The van der Waals surface area contributed by atoms with Crippen LogP contribution in [-0.2, 0) is 7.05 Å². The molecule has 4 atom stereocenters. The molecule has 1 heterocycles. The summed E-state index contributed by atoms with van der Waals surface area (Å²) in [5.41, 5.74) is 0.753. The number of aryl methyl sites for hydroxylation is 1. The van der Waals surface area contributed by atoms with Gasteiger partial charge in [0.25, 0.3) is 0 Å². The van der Waals surface area contributed by atoms with Crippen LogP contribution in [0.4, 0.5) is 11.5 Å². The summed E-state index contributed by atoms with van der Waals surface area (Å²) in [5.74, 6) is 3.87. The third-order valence-corrected chi connectivity index (χ3v) is 5.82. The van der Waals surface area contributed by atoms with Gasteiger partial charge in [-0.05, 0) is 42.9 Å². The number of nitrogens with zero attached hydrogens (tertiary/aromatic N) is 3. The summed E-state index contributed by atoms with van der Waals surface area (Å²) in [6.45, 7) is 3.90. The molecule has 0 aliphatic heterocycles. The van der Waals surface area contributed by atoms with Crippen LogP contribution in [0.2, 0.25) is 0 Å². The van der Waals surface area contributed by atoms with Gasteiger partial charge in [-0.25, -0.2) is 4.68 Å². The highest BCUT2D eigenvalue weighted by atomic mass is 16.6. The Bertz CT molecular complexity index is 593. The molecule has 2 bridgehead atoms. The SMILES string of the molecule is CC(C)c1nn(C)c(NC2C3C4CCC(C4)C23)c1[N+](=O)[O-]. The van der Waals surface area contributed by atoms with Crippen LogP contribution in [0, 0.1) is 33.8 Å². The Balaban J connectivity index is 1.63. The third kappa shape index (κ3) is 1.74. The molecule has 21 heavy (non-hydrogen) atoms. The predicted octanol–water partition coefficient (Wildman–Crippen LogP) is 2.91. The average Bonchev–Trinajstić information content (AvgIpc) is 2.78. The summed E-state index contributed by atoms with van der Waals surface area (Å²) in [6, 6.07) is 0.436. The van der Waals surface area contributed by atoms with Crippen molar-refractivity contribution in [3.05, 3.63) is 15.8 Å². The Kier molecular flexibility index (Phi) is 2.63. The molecule has 0 radical (unpaired) electrons. The lowest BCUT2D eigenvalue weighted by molar-refractivity contribution is -0.384. The molecule has 0 saturated heterocycles. The normalized spacial score (nSPS) is 36.1. The lowest BCUT2D eigenvalue weighted by Gasteiger charge is -2.11. The Morgan fingerprint density at radius 1 is 1.33 bits per heavy atom. The van der Waals surface area contributed by atoms with Crippen LogP contribution in [0.3, 0.4) is 0 Å². The van der Waals surface area contributed by atoms with E-state index in [1.807, 2.05) is 13.8 Å². The van der Waals surface area contributed by atoms with Crippen LogP contribution < -0.4 is 5.32 Å². The first-order chi connectivity index (χ1) is 9.99. The second kappa shape index (κ2) is 4.21. The maximum absolute atomic E-state index is 11.5. The van der Waals surface area contributed by atoms with E-state index in [1.165, 1.54) is 19.3 Å². The number of nitro groups is 1. The van der Waals surface area contributed by atoms with E-state index in [4.69, 9.17) is 0 Å². The number of aromatic nitrogens is 2. The van der Waals surface area contributed by atoms with Crippen molar-refractivity contribution in [1.82, 2.24) is 9.78 Å². The standard InChI is InChI=1S/C15H22N4O2/c1-7(2)12-14(19(20)21)15(18(3)17-12)16-13-10-8-4-5-9(6-8)11(10)13/h7-11,13,16H,4-6H2,1-3H3. The van der Waals surface area contributed by atoms with Gasteiger partial charge in [-0.1, -0.05) is 13.8 Å². The fraction of sp³-hybridized carbons (Fsp3) is 0.800. The van der Waals surface area contributed by atoms with Crippen molar-refractivity contribution in [1.29, 1.82) is 0 Å². The number of hydrogen-bond acceptors (Lipinski definition) is 4. The zero-order chi connectivity index (χ0) is 14.9. The summed E-state index contributed by atoms with van der Waals surface area (Å²) < 4.78 is 1.66. The zero-order valence-electron chi connectivity index (χ0n) is 12.7. The van der Waals surface area contributed by atoms with Crippen LogP contribution in [-0.4, -0.2) is 20.7 Å². The van der Waals surface area contributed by atoms with Gasteiger partial charge in [0.2, 0.25) is 5.82 Å². The molecule has 0 aromatic carbocycles. The van der Waals surface area contributed by atoms with Crippen molar-refractivity contribution in [2.45, 2.75) is 45.1 Å². The molecule has 3 aliphatic carbocycles. The topological polar surface area (TPSA) is 73.0 Å². The highest BCUT2D eigenvalue weighted by molar-refractivity contribution is 5.62. The largest absolute Gasteiger partial charge is 0.361 e. The molecular weight excluding hydrogens is 268 g/mol. The smallest absolute Gasteiger partial charge is 0.334 e. The van der Waals surface area contributed by atoms with Crippen molar-refractivity contribution >= 4 is 11.5 Å². The van der Waals surface area contributed by atoms with E-state index in [2.05, 4.69) is 10.4 Å². The van der Waals surface area contributed by atoms with E-state index in [-0.39, 0.29) is 16.5 Å². The first-order valence-corrected chi connectivity index (χ1v) is 7.96. The second-order valence-electron chi connectivity index (χ2n) is 7.28. The molecule has 3 aliphatic rings. The summed E-state index contributed by atoms with van der Waals surface area (Å²) in [5, 5.41) is 19.3. The molecular formula is C15H22N4O2. The lowest BCUT2D eigenvalue weighted by atomic mass is 10.0. The van der Waals surface area contributed by atoms with Crippen molar-refractivity contribution in [3.63, 3.8) is 0 Å². The Labute approximate surface area is 124 Å². The van der Waals surface area contributed by atoms with Gasteiger partial charge in [0.1, 0.15) is 5.69 Å². The van der Waals surface area contributed by atoms with E-state index < -0.39 is 0 Å². The molecule has 4 rings (SSSR count). The van der Waals surface area contributed by atoms with Gasteiger partial charge >= 0.3 is 5.69 Å². The zero-order valence-corrected chi connectivity index (χ0v) is 12.7. The van der Waals surface area contributed by atoms with Gasteiger partial charge in [-0.3, -0.25) is 10.1 Å². The Morgan fingerprint density at radius 3 is 2.48 bits per heavy atom. The van der Waals surface area contributed by atoms with Gasteiger partial charge in [0, 0.05) is 19.0 Å². The fourth-order valence-corrected chi connectivity index (χ4v) is 4.94. The van der Waals surface area contributed by atoms with Gasteiger partial charge in [0.05, 0.1) is 4.92 Å². The molecule has 0 spiro atoms. The maximum Gasteiger partial charge on any atom is 0.334 e. The number of rotatable bonds is 4. The van der Waals surface area contributed by atoms with E-state index in [0.717, 1.165) is 23.7 Å². The summed E-state index contributed by atoms with van der Waals surface area (Å²) in [4.78, 5) is 11.2.